The van der Waals surface area contributed by atoms with E-state index in [1.54, 1.807) is 18.2 Å². The van der Waals surface area contributed by atoms with Crippen LogP contribution >= 0.6 is 0 Å². The van der Waals surface area contributed by atoms with Crippen LogP contribution in [0.5, 0.6) is 5.75 Å². The van der Waals surface area contributed by atoms with E-state index in [0.29, 0.717) is 17.7 Å². The lowest BCUT2D eigenvalue weighted by molar-refractivity contribution is -0.137. The Hall–Kier alpha value is -5.45. The van der Waals surface area contributed by atoms with Gasteiger partial charge in [0.1, 0.15) is 5.75 Å². The molecule has 1 aliphatic rings. The Labute approximate surface area is 311 Å². The molecule has 0 aliphatic carbocycles. The summed E-state index contributed by atoms with van der Waals surface area (Å²) in [5.74, 6) is -0.549. The maximum atomic E-state index is 14.2. The number of benzene rings is 4. The first-order valence-corrected chi connectivity index (χ1v) is 18.6. The van der Waals surface area contributed by atoms with E-state index >= 15 is 0 Å². The second-order valence-corrected chi connectivity index (χ2v) is 14.2. The highest BCUT2D eigenvalue weighted by Gasteiger charge is 2.34. The minimum atomic E-state index is -4.50. The molecule has 0 aromatic heterocycles. The van der Waals surface area contributed by atoms with Crippen molar-refractivity contribution in [1.29, 1.82) is 0 Å². The fraction of sp³-hybridized carbons (Fsp3) is 0.289. The molecule has 4 aromatic carbocycles. The quantitative estimate of drug-likeness (QED) is 0.127. The number of methoxy groups -OCH3 is 1. The van der Waals surface area contributed by atoms with Crippen LogP contribution in [0.4, 0.5) is 30.2 Å². The standard InChI is InChI=1S/C37H39F3N4O6S.CH2O2/c1-50-29-15-7-14-28(22-29)44(51(2,48)49)32-17-8-16-30(35(32)43-19-9-18-34(43)46)36(47)42-31(21-25-10-4-3-5-11-25)33(45)24-41-23-26-12-6-13-27(20-26)37(38,39)40;2-1-3/h3-8,10-17,20,22,31,33,41,45H,9,18-19,21,23-24H2,1-2H3,(H,42,47);1H,(H,2,3)/t31-,33+;/m0./s1. The van der Waals surface area contributed by atoms with Gasteiger partial charge in [-0.25, -0.2) is 12.7 Å². The Morgan fingerprint density at radius 1 is 1.00 bits per heavy atom. The molecule has 0 unspecified atom stereocenters. The van der Waals surface area contributed by atoms with Crippen LogP contribution in [0.3, 0.4) is 0 Å². The summed E-state index contributed by atoms with van der Waals surface area (Å²) < 4.78 is 72.8. The predicted molar refractivity (Wildman–Crippen MR) is 197 cm³/mol. The molecule has 1 saturated heterocycles. The van der Waals surface area contributed by atoms with Crippen LogP contribution in [0.2, 0.25) is 0 Å². The molecule has 1 fully saturated rings. The van der Waals surface area contributed by atoms with Crippen LogP contribution in [0.25, 0.3) is 0 Å². The molecule has 0 bridgehead atoms. The third kappa shape index (κ3) is 10.8. The van der Waals surface area contributed by atoms with Gasteiger partial charge in [-0.1, -0.05) is 60.7 Å². The van der Waals surface area contributed by atoms with Crippen molar-refractivity contribution in [2.75, 3.05) is 35.7 Å². The highest BCUT2D eigenvalue weighted by molar-refractivity contribution is 7.92. The van der Waals surface area contributed by atoms with E-state index in [1.165, 1.54) is 48.4 Å². The maximum absolute atomic E-state index is 14.2. The van der Waals surface area contributed by atoms with E-state index in [2.05, 4.69) is 10.6 Å². The van der Waals surface area contributed by atoms with E-state index in [4.69, 9.17) is 14.6 Å². The number of para-hydroxylation sites is 1. The average Bonchev–Trinajstić information content (AvgIpc) is 3.56. The highest BCUT2D eigenvalue weighted by Crippen LogP contribution is 2.41. The zero-order valence-electron chi connectivity index (χ0n) is 29.5. The first kappa shape index (κ1) is 41.3. The van der Waals surface area contributed by atoms with E-state index < -0.39 is 39.8 Å². The summed E-state index contributed by atoms with van der Waals surface area (Å²) in [5.41, 5.74) is 0.798. The third-order valence-corrected chi connectivity index (χ3v) is 9.53. The topological polar surface area (TPSA) is 166 Å². The first-order chi connectivity index (χ1) is 25.7. The number of ether oxygens (including phenoxy) is 1. The SMILES string of the molecule is COc1cccc(N(c2cccc(C(=O)N[C@@H](Cc3ccccc3)[C@H](O)CNCc3cccc(C(F)(F)F)c3)c2N2CCCC2=O)S(C)(=O)=O)c1.O=CO. The molecule has 54 heavy (non-hydrogen) atoms. The summed E-state index contributed by atoms with van der Waals surface area (Å²) in [6.45, 7) is -0.0492. The summed E-state index contributed by atoms with van der Waals surface area (Å²) in [4.78, 5) is 37.2. The fourth-order valence-corrected chi connectivity index (χ4v) is 7.06. The van der Waals surface area contributed by atoms with Crippen molar-refractivity contribution >= 4 is 45.4 Å². The molecular formula is C38H41F3N4O8S. The largest absolute Gasteiger partial charge is 0.497 e. The van der Waals surface area contributed by atoms with Gasteiger partial charge in [0, 0.05) is 32.1 Å². The zero-order chi connectivity index (χ0) is 39.5. The highest BCUT2D eigenvalue weighted by atomic mass is 32.2. The van der Waals surface area contributed by atoms with Crippen LogP contribution in [-0.4, -0.2) is 75.5 Å². The second kappa shape index (κ2) is 18.5. The monoisotopic (exact) mass is 770 g/mol. The van der Waals surface area contributed by atoms with Crippen molar-refractivity contribution < 1.29 is 50.9 Å². The molecule has 16 heteroatoms. The van der Waals surface area contributed by atoms with Crippen LogP contribution < -0.4 is 24.6 Å². The number of aliphatic hydroxyl groups excluding tert-OH is 1. The second-order valence-electron chi connectivity index (χ2n) is 12.3. The molecule has 2 amide bonds. The van der Waals surface area contributed by atoms with Crippen molar-refractivity contribution in [3.8, 4) is 5.75 Å². The Bertz CT molecular complexity index is 2020. The van der Waals surface area contributed by atoms with Gasteiger partial charge in [-0.15, -0.1) is 0 Å². The van der Waals surface area contributed by atoms with Crippen molar-refractivity contribution in [2.45, 2.75) is 44.1 Å². The number of nitrogens with zero attached hydrogens (tertiary/aromatic N) is 2. The van der Waals surface area contributed by atoms with E-state index in [1.807, 2.05) is 30.3 Å². The van der Waals surface area contributed by atoms with Crippen molar-refractivity contribution in [1.82, 2.24) is 10.6 Å². The van der Waals surface area contributed by atoms with Crippen LogP contribution in [-0.2, 0) is 38.8 Å². The number of halogens is 3. The summed E-state index contributed by atoms with van der Waals surface area (Å²) in [6.07, 6.45) is -3.78. The van der Waals surface area contributed by atoms with Crippen LogP contribution in [0, 0.1) is 0 Å². The number of rotatable bonds is 14. The van der Waals surface area contributed by atoms with Crippen LogP contribution in [0.15, 0.2) is 97.1 Å². The number of hydrogen-bond donors (Lipinski definition) is 4. The molecule has 0 radical (unpaired) electrons. The smallest absolute Gasteiger partial charge is 0.416 e. The number of nitrogens with one attached hydrogen (secondary N) is 2. The number of alkyl halides is 3. The molecule has 1 heterocycles. The molecular weight excluding hydrogens is 729 g/mol. The molecule has 288 valence electrons. The number of aliphatic hydroxyl groups is 1. The number of hydrogen-bond acceptors (Lipinski definition) is 8. The lowest BCUT2D eigenvalue weighted by Gasteiger charge is -2.31. The minimum absolute atomic E-state index is 0.0153. The van der Waals surface area contributed by atoms with Crippen molar-refractivity contribution in [2.24, 2.45) is 0 Å². The average molecular weight is 771 g/mol. The number of carbonyl (C=O) groups excluding carboxylic acids is 2. The Balaban J connectivity index is 0.00000209. The van der Waals surface area contributed by atoms with Gasteiger partial charge in [-0.05, 0) is 54.3 Å². The van der Waals surface area contributed by atoms with Gasteiger partial charge in [0.05, 0.1) is 53.7 Å². The summed E-state index contributed by atoms with van der Waals surface area (Å²) >= 11 is 0. The van der Waals surface area contributed by atoms with Gasteiger partial charge < -0.3 is 30.5 Å². The van der Waals surface area contributed by atoms with Gasteiger partial charge in [-0.2, -0.15) is 13.2 Å². The third-order valence-electron chi connectivity index (χ3n) is 8.46. The summed E-state index contributed by atoms with van der Waals surface area (Å²) in [7, 11) is -2.58. The summed E-state index contributed by atoms with van der Waals surface area (Å²) in [5, 5.41) is 24.1. The lowest BCUT2D eigenvalue weighted by Crippen LogP contribution is -2.49. The van der Waals surface area contributed by atoms with Crippen molar-refractivity contribution in [3.63, 3.8) is 0 Å². The van der Waals surface area contributed by atoms with Gasteiger partial charge in [0.25, 0.3) is 12.4 Å². The lowest BCUT2D eigenvalue weighted by atomic mass is 9.99. The van der Waals surface area contributed by atoms with E-state index in [9.17, 15) is 36.3 Å². The van der Waals surface area contributed by atoms with E-state index in [-0.39, 0.29) is 67.5 Å². The number of carboxylic acid groups (broad SMARTS) is 1. The minimum Gasteiger partial charge on any atom is -0.497 e. The Morgan fingerprint density at radius 3 is 2.30 bits per heavy atom. The van der Waals surface area contributed by atoms with Crippen LogP contribution in [0.1, 0.15) is 39.9 Å². The van der Waals surface area contributed by atoms with Gasteiger partial charge >= 0.3 is 6.18 Å². The molecule has 0 spiro atoms. The first-order valence-electron chi connectivity index (χ1n) is 16.7. The molecule has 1 aliphatic heterocycles. The van der Waals surface area contributed by atoms with Crippen molar-refractivity contribution in [3.05, 3.63) is 119 Å². The maximum Gasteiger partial charge on any atom is 0.416 e. The molecule has 0 saturated carbocycles. The normalized spacial score (nSPS) is 14.0. The molecule has 2 atom stereocenters. The van der Waals surface area contributed by atoms with Gasteiger partial charge in [-0.3, -0.25) is 14.4 Å². The van der Waals surface area contributed by atoms with Gasteiger partial charge in [0.15, 0.2) is 0 Å². The molecule has 4 aromatic rings. The predicted octanol–water partition coefficient (Wildman–Crippen LogP) is 5.13. The number of anilines is 3. The summed E-state index contributed by atoms with van der Waals surface area (Å²) in [6, 6.07) is 24.0. The molecule has 12 nitrogen and oxygen atoms in total. The van der Waals surface area contributed by atoms with E-state index in [0.717, 1.165) is 28.3 Å². The number of sulfonamides is 1. The van der Waals surface area contributed by atoms with Gasteiger partial charge in [0.2, 0.25) is 15.9 Å². The molecule has 5 rings (SSSR count). The fourth-order valence-electron chi connectivity index (χ4n) is 6.05. The number of amides is 2. The zero-order valence-corrected chi connectivity index (χ0v) is 30.3. The molecule has 4 N–H and O–H groups in total. The number of carbonyl (C=O) groups is 3. The Kier molecular flexibility index (Phi) is 14.2. The Morgan fingerprint density at radius 2 is 1.67 bits per heavy atom.